The SMILES string of the molecule is Cc1cc(CN2CCN(Cc3cccc(Br)c3)CC2)on1. The summed E-state index contributed by atoms with van der Waals surface area (Å²) in [5, 5.41) is 3.94. The molecule has 1 aromatic heterocycles. The summed E-state index contributed by atoms with van der Waals surface area (Å²) in [6, 6.07) is 10.6. The number of hydrogen-bond donors (Lipinski definition) is 0. The van der Waals surface area contributed by atoms with Crippen molar-refractivity contribution in [2.24, 2.45) is 0 Å². The van der Waals surface area contributed by atoms with Crippen molar-refractivity contribution in [3.63, 3.8) is 0 Å². The van der Waals surface area contributed by atoms with Gasteiger partial charge in [-0.1, -0.05) is 33.2 Å². The van der Waals surface area contributed by atoms with Gasteiger partial charge in [0.15, 0.2) is 5.76 Å². The van der Waals surface area contributed by atoms with Gasteiger partial charge in [0.1, 0.15) is 0 Å². The molecule has 1 fully saturated rings. The Morgan fingerprint density at radius 2 is 1.81 bits per heavy atom. The molecule has 0 spiro atoms. The van der Waals surface area contributed by atoms with Crippen LogP contribution >= 0.6 is 15.9 Å². The summed E-state index contributed by atoms with van der Waals surface area (Å²) in [6.45, 7) is 8.20. The molecule has 1 aliphatic heterocycles. The molecule has 2 aromatic rings. The summed E-state index contributed by atoms with van der Waals surface area (Å²) < 4.78 is 6.44. The van der Waals surface area contributed by atoms with Gasteiger partial charge in [-0.05, 0) is 24.6 Å². The van der Waals surface area contributed by atoms with E-state index in [1.54, 1.807) is 0 Å². The van der Waals surface area contributed by atoms with Gasteiger partial charge >= 0.3 is 0 Å². The summed E-state index contributed by atoms with van der Waals surface area (Å²) in [4.78, 5) is 4.93. The average molecular weight is 350 g/mol. The fourth-order valence-electron chi connectivity index (χ4n) is 2.71. The molecule has 0 bridgehead atoms. The molecule has 112 valence electrons. The van der Waals surface area contributed by atoms with E-state index in [2.05, 4.69) is 55.2 Å². The van der Waals surface area contributed by atoms with E-state index in [0.717, 1.165) is 55.2 Å². The third-order valence-corrected chi connectivity index (χ3v) is 4.31. The molecule has 0 unspecified atom stereocenters. The Morgan fingerprint density at radius 3 is 2.43 bits per heavy atom. The van der Waals surface area contributed by atoms with Crippen LogP contribution in [0.15, 0.2) is 39.3 Å². The Hall–Kier alpha value is -1.17. The lowest BCUT2D eigenvalue weighted by molar-refractivity contribution is 0.113. The van der Waals surface area contributed by atoms with E-state index < -0.39 is 0 Å². The topological polar surface area (TPSA) is 32.5 Å². The van der Waals surface area contributed by atoms with Gasteiger partial charge < -0.3 is 4.52 Å². The van der Waals surface area contributed by atoms with Crippen molar-refractivity contribution in [3.05, 3.63) is 51.8 Å². The van der Waals surface area contributed by atoms with Crippen molar-refractivity contribution in [2.45, 2.75) is 20.0 Å². The highest BCUT2D eigenvalue weighted by atomic mass is 79.9. The molecule has 0 atom stereocenters. The van der Waals surface area contributed by atoms with E-state index in [1.165, 1.54) is 5.56 Å². The maximum absolute atomic E-state index is 5.29. The molecule has 2 heterocycles. The van der Waals surface area contributed by atoms with Gasteiger partial charge in [0.05, 0.1) is 12.2 Å². The highest BCUT2D eigenvalue weighted by Gasteiger charge is 2.18. The van der Waals surface area contributed by atoms with Crippen molar-refractivity contribution in [1.29, 1.82) is 0 Å². The molecule has 0 N–H and O–H groups in total. The van der Waals surface area contributed by atoms with Gasteiger partial charge in [-0.15, -0.1) is 0 Å². The molecular formula is C16H20BrN3O. The van der Waals surface area contributed by atoms with Crippen LogP contribution in [-0.2, 0) is 13.1 Å². The number of aromatic nitrogens is 1. The number of aryl methyl sites for hydroxylation is 1. The monoisotopic (exact) mass is 349 g/mol. The van der Waals surface area contributed by atoms with E-state index in [1.807, 2.05) is 13.0 Å². The Labute approximate surface area is 133 Å². The fraction of sp³-hybridized carbons (Fsp3) is 0.438. The maximum atomic E-state index is 5.29. The Balaban J connectivity index is 1.48. The van der Waals surface area contributed by atoms with Gasteiger partial charge in [-0.2, -0.15) is 0 Å². The Kier molecular flexibility index (Phi) is 4.73. The number of benzene rings is 1. The number of halogens is 1. The summed E-state index contributed by atoms with van der Waals surface area (Å²) >= 11 is 3.53. The molecule has 0 amide bonds. The van der Waals surface area contributed by atoms with Crippen molar-refractivity contribution in [3.8, 4) is 0 Å². The predicted octanol–water partition coefficient (Wildman–Crippen LogP) is 3.06. The van der Waals surface area contributed by atoms with Crippen LogP contribution in [-0.4, -0.2) is 41.1 Å². The minimum absolute atomic E-state index is 0.867. The first-order valence-corrected chi connectivity index (χ1v) is 8.10. The third-order valence-electron chi connectivity index (χ3n) is 3.82. The minimum atomic E-state index is 0.867. The van der Waals surface area contributed by atoms with Crippen LogP contribution in [0.2, 0.25) is 0 Å². The average Bonchev–Trinajstić information content (AvgIpc) is 2.86. The minimum Gasteiger partial charge on any atom is -0.360 e. The van der Waals surface area contributed by atoms with Crippen molar-refractivity contribution in [2.75, 3.05) is 26.2 Å². The van der Waals surface area contributed by atoms with Crippen LogP contribution in [0.1, 0.15) is 17.0 Å². The largest absolute Gasteiger partial charge is 0.360 e. The van der Waals surface area contributed by atoms with Crippen LogP contribution in [0, 0.1) is 6.92 Å². The van der Waals surface area contributed by atoms with E-state index in [-0.39, 0.29) is 0 Å². The zero-order valence-electron chi connectivity index (χ0n) is 12.3. The van der Waals surface area contributed by atoms with Gasteiger partial charge in [0.25, 0.3) is 0 Å². The molecular weight excluding hydrogens is 330 g/mol. The summed E-state index contributed by atoms with van der Waals surface area (Å²) in [5.74, 6) is 0.966. The highest BCUT2D eigenvalue weighted by molar-refractivity contribution is 9.10. The second kappa shape index (κ2) is 6.73. The summed E-state index contributed by atoms with van der Waals surface area (Å²) in [6.07, 6.45) is 0. The predicted molar refractivity (Wildman–Crippen MR) is 85.9 cm³/mol. The fourth-order valence-corrected chi connectivity index (χ4v) is 3.16. The quantitative estimate of drug-likeness (QED) is 0.849. The molecule has 3 rings (SSSR count). The van der Waals surface area contributed by atoms with Gasteiger partial charge in [0, 0.05) is 43.3 Å². The smallest absolute Gasteiger partial charge is 0.150 e. The zero-order chi connectivity index (χ0) is 14.7. The van der Waals surface area contributed by atoms with Crippen LogP contribution in [0.3, 0.4) is 0 Å². The summed E-state index contributed by atoms with van der Waals surface area (Å²) in [5.41, 5.74) is 2.32. The Morgan fingerprint density at radius 1 is 1.10 bits per heavy atom. The molecule has 21 heavy (non-hydrogen) atoms. The molecule has 1 aromatic carbocycles. The van der Waals surface area contributed by atoms with E-state index in [0.29, 0.717) is 0 Å². The Bertz CT molecular complexity index is 591. The molecule has 5 heteroatoms. The van der Waals surface area contributed by atoms with Crippen molar-refractivity contribution < 1.29 is 4.52 Å². The maximum Gasteiger partial charge on any atom is 0.150 e. The van der Waals surface area contributed by atoms with Gasteiger partial charge in [-0.3, -0.25) is 9.80 Å². The number of hydrogen-bond acceptors (Lipinski definition) is 4. The molecule has 0 saturated carbocycles. The first-order chi connectivity index (χ1) is 10.2. The van der Waals surface area contributed by atoms with Gasteiger partial charge in [0.2, 0.25) is 0 Å². The summed E-state index contributed by atoms with van der Waals surface area (Å²) in [7, 11) is 0. The van der Waals surface area contributed by atoms with Crippen molar-refractivity contribution >= 4 is 15.9 Å². The normalized spacial score (nSPS) is 17.2. The van der Waals surface area contributed by atoms with E-state index in [9.17, 15) is 0 Å². The first-order valence-electron chi connectivity index (χ1n) is 7.30. The molecule has 1 saturated heterocycles. The van der Waals surface area contributed by atoms with Crippen molar-refractivity contribution in [1.82, 2.24) is 15.0 Å². The first kappa shape index (κ1) is 14.8. The standard InChI is InChI=1S/C16H20BrN3O/c1-13-9-16(21-18-13)12-20-7-5-19(6-8-20)11-14-3-2-4-15(17)10-14/h2-4,9-10H,5-8,11-12H2,1H3. The third kappa shape index (κ3) is 4.15. The second-order valence-electron chi connectivity index (χ2n) is 5.62. The lowest BCUT2D eigenvalue weighted by atomic mass is 10.2. The highest BCUT2D eigenvalue weighted by Crippen LogP contribution is 2.15. The molecule has 0 radical (unpaired) electrons. The van der Waals surface area contributed by atoms with Gasteiger partial charge in [-0.25, -0.2) is 0 Å². The van der Waals surface area contributed by atoms with Crippen LogP contribution in [0.4, 0.5) is 0 Å². The molecule has 1 aliphatic rings. The second-order valence-corrected chi connectivity index (χ2v) is 6.53. The van der Waals surface area contributed by atoms with E-state index in [4.69, 9.17) is 4.52 Å². The van der Waals surface area contributed by atoms with Crippen LogP contribution in [0.25, 0.3) is 0 Å². The molecule has 0 aliphatic carbocycles. The van der Waals surface area contributed by atoms with Crippen LogP contribution < -0.4 is 0 Å². The number of nitrogens with zero attached hydrogens (tertiary/aromatic N) is 3. The zero-order valence-corrected chi connectivity index (χ0v) is 13.8. The number of piperazine rings is 1. The lowest BCUT2D eigenvalue weighted by Crippen LogP contribution is -2.45. The van der Waals surface area contributed by atoms with Crippen LogP contribution in [0.5, 0.6) is 0 Å². The number of rotatable bonds is 4. The van der Waals surface area contributed by atoms with E-state index >= 15 is 0 Å². The molecule has 4 nitrogen and oxygen atoms in total. The lowest BCUT2D eigenvalue weighted by Gasteiger charge is -2.34.